The Kier molecular flexibility index (Phi) is 5.91. The number of carbonyl (C=O) groups is 1. The van der Waals surface area contributed by atoms with Gasteiger partial charge in [-0.05, 0) is 37.5 Å². The van der Waals surface area contributed by atoms with Crippen LogP contribution in [0.1, 0.15) is 47.7 Å². The van der Waals surface area contributed by atoms with Crippen LogP contribution in [-0.4, -0.2) is 29.9 Å². The molecule has 3 rings (SSSR count). The molecule has 2 heterocycles. The van der Waals surface area contributed by atoms with Gasteiger partial charge in [0.15, 0.2) is 0 Å². The van der Waals surface area contributed by atoms with Gasteiger partial charge in [0.05, 0.1) is 11.8 Å². The molecule has 1 aliphatic heterocycles. The summed E-state index contributed by atoms with van der Waals surface area (Å²) in [5, 5.41) is 2.79. The third-order valence-electron chi connectivity index (χ3n) is 5.09. The standard InChI is InChI=1S/C21H24F3N3O/c1-3-15-6-4-7-16(12-15)26-20(28)18-14(2)17(22)13-25-19(18)27-10-5-8-21(23,24)9-11-27/h4,6-7,12-13H,3,5,8-11H2,1-2H3,(H,26,28). The van der Waals surface area contributed by atoms with Gasteiger partial charge in [0.2, 0.25) is 5.92 Å². The van der Waals surface area contributed by atoms with E-state index >= 15 is 0 Å². The fourth-order valence-corrected chi connectivity index (χ4v) is 3.42. The van der Waals surface area contributed by atoms with Crippen LogP contribution in [-0.2, 0) is 6.42 Å². The molecule has 28 heavy (non-hydrogen) atoms. The van der Waals surface area contributed by atoms with Crippen molar-refractivity contribution in [1.82, 2.24) is 4.98 Å². The highest BCUT2D eigenvalue weighted by Gasteiger charge is 2.33. The highest BCUT2D eigenvalue weighted by Crippen LogP contribution is 2.32. The lowest BCUT2D eigenvalue weighted by molar-refractivity contribution is -0.0102. The number of nitrogens with one attached hydrogen (secondary N) is 1. The Balaban J connectivity index is 1.93. The Hall–Kier alpha value is -2.57. The van der Waals surface area contributed by atoms with Crippen LogP contribution in [0.4, 0.5) is 24.7 Å². The van der Waals surface area contributed by atoms with Gasteiger partial charge in [0.25, 0.3) is 5.91 Å². The van der Waals surface area contributed by atoms with E-state index in [9.17, 15) is 18.0 Å². The molecule has 0 radical (unpaired) electrons. The lowest BCUT2D eigenvalue weighted by atomic mass is 10.1. The first-order valence-electron chi connectivity index (χ1n) is 9.49. The van der Waals surface area contributed by atoms with E-state index in [0.717, 1.165) is 18.2 Å². The number of pyridine rings is 1. The van der Waals surface area contributed by atoms with E-state index in [-0.39, 0.29) is 42.8 Å². The second kappa shape index (κ2) is 8.20. The minimum atomic E-state index is -2.73. The summed E-state index contributed by atoms with van der Waals surface area (Å²) in [6, 6.07) is 7.40. The number of nitrogens with zero attached hydrogens (tertiary/aromatic N) is 2. The SMILES string of the molecule is CCc1cccc(NC(=O)c2c(N3CCCC(F)(F)CC3)ncc(F)c2C)c1. The van der Waals surface area contributed by atoms with Gasteiger partial charge in [-0.25, -0.2) is 18.2 Å². The van der Waals surface area contributed by atoms with Crippen molar-refractivity contribution in [3.63, 3.8) is 0 Å². The maximum atomic E-state index is 14.2. The molecular weight excluding hydrogens is 367 g/mol. The lowest BCUT2D eigenvalue weighted by Crippen LogP contribution is -2.30. The van der Waals surface area contributed by atoms with Crippen LogP contribution < -0.4 is 10.2 Å². The van der Waals surface area contributed by atoms with Gasteiger partial charge in [-0.15, -0.1) is 0 Å². The number of rotatable bonds is 4. The molecule has 1 aromatic heterocycles. The van der Waals surface area contributed by atoms with Crippen molar-refractivity contribution in [3.8, 4) is 0 Å². The average molecular weight is 391 g/mol. The lowest BCUT2D eigenvalue weighted by Gasteiger charge is -2.25. The fourth-order valence-electron chi connectivity index (χ4n) is 3.42. The van der Waals surface area contributed by atoms with Gasteiger partial charge in [-0.1, -0.05) is 19.1 Å². The molecule has 1 aliphatic rings. The van der Waals surface area contributed by atoms with Crippen LogP contribution >= 0.6 is 0 Å². The zero-order valence-electron chi connectivity index (χ0n) is 16.1. The van der Waals surface area contributed by atoms with Crippen molar-refractivity contribution in [2.45, 2.75) is 45.5 Å². The van der Waals surface area contributed by atoms with E-state index in [1.807, 2.05) is 25.1 Å². The van der Waals surface area contributed by atoms with Gasteiger partial charge in [-0.3, -0.25) is 4.79 Å². The Morgan fingerprint density at radius 3 is 2.82 bits per heavy atom. The molecule has 1 aromatic carbocycles. The first kappa shape index (κ1) is 20.2. The quantitative estimate of drug-likeness (QED) is 0.800. The van der Waals surface area contributed by atoms with Crippen molar-refractivity contribution < 1.29 is 18.0 Å². The maximum absolute atomic E-state index is 14.2. The molecule has 0 bridgehead atoms. The first-order valence-corrected chi connectivity index (χ1v) is 9.49. The molecule has 0 aliphatic carbocycles. The zero-order chi connectivity index (χ0) is 20.3. The van der Waals surface area contributed by atoms with E-state index in [1.54, 1.807) is 11.0 Å². The first-order chi connectivity index (χ1) is 13.3. The number of amides is 1. The van der Waals surface area contributed by atoms with Gasteiger partial charge in [0, 0.05) is 37.2 Å². The Morgan fingerprint density at radius 2 is 2.07 bits per heavy atom. The monoisotopic (exact) mass is 391 g/mol. The molecule has 1 N–H and O–H groups in total. The number of aromatic nitrogens is 1. The number of hydrogen-bond donors (Lipinski definition) is 1. The van der Waals surface area contributed by atoms with Crippen LogP contribution in [0.2, 0.25) is 0 Å². The molecule has 150 valence electrons. The average Bonchev–Trinajstić information content (AvgIpc) is 2.84. The van der Waals surface area contributed by atoms with Crippen molar-refractivity contribution in [3.05, 3.63) is 53.0 Å². The van der Waals surface area contributed by atoms with Crippen LogP contribution in [0.3, 0.4) is 0 Å². The summed E-state index contributed by atoms with van der Waals surface area (Å²) in [5.74, 6) is -3.58. The van der Waals surface area contributed by atoms with Crippen molar-refractivity contribution in [2.24, 2.45) is 0 Å². The Morgan fingerprint density at radius 1 is 1.29 bits per heavy atom. The second-order valence-electron chi connectivity index (χ2n) is 7.13. The molecule has 1 saturated heterocycles. The van der Waals surface area contributed by atoms with Crippen LogP contribution in [0.25, 0.3) is 0 Å². The molecule has 2 aromatic rings. The van der Waals surface area contributed by atoms with Gasteiger partial charge in [0.1, 0.15) is 11.6 Å². The van der Waals surface area contributed by atoms with Crippen LogP contribution in [0.15, 0.2) is 30.5 Å². The molecule has 4 nitrogen and oxygen atoms in total. The minimum Gasteiger partial charge on any atom is -0.356 e. The van der Waals surface area contributed by atoms with Gasteiger partial charge in [-0.2, -0.15) is 0 Å². The third-order valence-corrected chi connectivity index (χ3v) is 5.09. The molecule has 7 heteroatoms. The van der Waals surface area contributed by atoms with E-state index in [2.05, 4.69) is 10.3 Å². The summed E-state index contributed by atoms with van der Waals surface area (Å²) in [5.41, 5.74) is 1.90. The summed E-state index contributed by atoms with van der Waals surface area (Å²) in [7, 11) is 0. The van der Waals surface area contributed by atoms with Crippen LogP contribution in [0.5, 0.6) is 0 Å². The summed E-state index contributed by atoms with van der Waals surface area (Å²) in [6.45, 7) is 3.93. The number of carbonyl (C=O) groups excluding carboxylic acids is 1. The molecule has 1 fully saturated rings. The summed E-state index contributed by atoms with van der Waals surface area (Å²) >= 11 is 0. The van der Waals surface area contributed by atoms with E-state index in [4.69, 9.17) is 0 Å². The van der Waals surface area contributed by atoms with E-state index in [1.165, 1.54) is 6.92 Å². The van der Waals surface area contributed by atoms with E-state index < -0.39 is 17.6 Å². The third kappa shape index (κ3) is 4.46. The fraction of sp³-hybridized carbons (Fsp3) is 0.429. The molecule has 0 atom stereocenters. The normalized spacial score (nSPS) is 16.5. The van der Waals surface area contributed by atoms with Crippen molar-refractivity contribution in [1.29, 1.82) is 0 Å². The Bertz CT molecular complexity index is 870. The largest absolute Gasteiger partial charge is 0.356 e. The summed E-state index contributed by atoms with van der Waals surface area (Å²) < 4.78 is 41.6. The second-order valence-corrected chi connectivity index (χ2v) is 7.13. The predicted octanol–water partition coefficient (Wildman–Crippen LogP) is 4.97. The Labute approximate surface area is 162 Å². The smallest absolute Gasteiger partial charge is 0.259 e. The number of alkyl halides is 2. The van der Waals surface area contributed by atoms with Crippen LogP contribution in [0, 0.1) is 12.7 Å². The number of halogens is 3. The van der Waals surface area contributed by atoms with Gasteiger partial charge >= 0.3 is 0 Å². The van der Waals surface area contributed by atoms with Crippen molar-refractivity contribution >= 4 is 17.4 Å². The molecule has 1 amide bonds. The topological polar surface area (TPSA) is 45.2 Å². The highest BCUT2D eigenvalue weighted by molar-refractivity contribution is 6.08. The summed E-state index contributed by atoms with van der Waals surface area (Å²) in [6.07, 6.45) is 1.63. The molecule has 0 unspecified atom stereocenters. The van der Waals surface area contributed by atoms with E-state index in [0.29, 0.717) is 12.2 Å². The predicted molar refractivity (Wildman–Crippen MR) is 104 cm³/mol. The minimum absolute atomic E-state index is 0.0661. The number of benzene rings is 1. The molecule has 0 spiro atoms. The van der Waals surface area contributed by atoms with Gasteiger partial charge < -0.3 is 10.2 Å². The summed E-state index contributed by atoms with van der Waals surface area (Å²) in [4.78, 5) is 18.7. The van der Waals surface area contributed by atoms with Crippen molar-refractivity contribution in [2.75, 3.05) is 23.3 Å². The highest BCUT2D eigenvalue weighted by atomic mass is 19.3. The number of aryl methyl sites for hydroxylation is 1. The number of anilines is 2. The molecule has 0 saturated carbocycles. The maximum Gasteiger partial charge on any atom is 0.259 e. The number of hydrogen-bond acceptors (Lipinski definition) is 3. The molecular formula is C21H24F3N3O. The zero-order valence-corrected chi connectivity index (χ0v) is 16.1.